The molecule has 3 rings (SSSR count). The summed E-state index contributed by atoms with van der Waals surface area (Å²) in [6, 6.07) is 0. The Labute approximate surface area is 185 Å². The van der Waals surface area contributed by atoms with Gasteiger partial charge in [-0.05, 0) is 50.4 Å². The summed E-state index contributed by atoms with van der Waals surface area (Å²) in [6.07, 6.45) is 5.04. The second-order valence-electron chi connectivity index (χ2n) is 10.7. The first-order valence-electron chi connectivity index (χ1n) is 11.7. The number of aliphatic hydroxyl groups excluding tert-OH is 2. The van der Waals surface area contributed by atoms with E-state index in [9.17, 15) is 19.8 Å². The summed E-state index contributed by atoms with van der Waals surface area (Å²) in [5.41, 5.74) is -1.91. The smallest absolute Gasteiger partial charge is 0.302 e. The maximum atomic E-state index is 11.7. The molecule has 1 saturated heterocycles. The number of hydrogen-bond donors (Lipinski definition) is 2. The summed E-state index contributed by atoms with van der Waals surface area (Å²) in [5.74, 6) is -0.247. The Morgan fingerprint density at radius 2 is 1.74 bits per heavy atom. The lowest BCUT2D eigenvalue weighted by Gasteiger charge is -2.65. The van der Waals surface area contributed by atoms with E-state index in [-0.39, 0.29) is 49.2 Å². The lowest BCUT2D eigenvalue weighted by Crippen LogP contribution is -2.67. The molecule has 7 nitrogen and oxygen atoms in total. The molecular formula is C24H40O7. The first kappa shape index (κ1) is 24.5. The second kappa shape index (κ2) is 8.64. The molecule has 0 amide bonds. The third kappa shape index (κ3) is 3.91. The lowest BCUT2D eigenvalue weighted by molar-refractivity contribution is -0.274. The Balaban J connectivity index is 1.98. The molecule has 7 heteroatoms. The van der Waals surface area contributed by atoms with E-state index in [2.05, 4.69) is 13.8 Å². The fourth-order valence-electron chi connectivity index (χ4n) is 7.30. The van der Waals surface area contributed by atoms with E-state index in [1.165, 1.54) is 13.8 Å². The largest absolute Gasteiger partial charge is 0.463 e. The fourth-order valence-corrected chi connectivity index (χ4v) is 7.30. The van der Waals surface area contributed by atoms with Crippen molar-refractivity contribution in [2.45, 2.75) is 96.9 Å². The minimum Gasteiger partial charge on any atom is -0.463 e. The predicted molar refractivity (Wildman–Crippen MR) is 114 cm³/mol. The van der Waals surface area contributed by atoms with Crippen molar-refractivity contribution in [3.05, 3.63) is 0 Å². The van der Waals surface area contributed by atoms with Gasteiger partial charge in [0.05, 0.1) is 12.2 Å². The summed E-state index contributed by atoms with van der Waals surface area (Å²) in [6.45, 7) is 9.42. The highest BCUT2D eigenvalue weighted by atomic mass is 16.6. The molecule has 0 aromatic rings. The van der Waals surface area contributed by atoms with E-state index in [1.54, 1.807) is 0 Å². The molecule has 7 atom stereocenters. The van der Waals surface area contributed by atoms with Gasteiger partial charge < -0.3 is 24.4 Å². The van der Waals surface area contributed by atoms with Crippen molar-refractivity contribution in [3.8, 4) is 0 Å². The monoisotopic (exact) mass is 440 g/mol. The molecule has 0 aromatic carbocycles. The highest BCUT2D eigenvalue weighted by Gasteiger charge is 2.69. The van der Waals surface area contributed by atoms with Gasteiger partial charge in [0.1, 0.15) is 18.3 Å². The van der Waals surface area contributed by atoms with Crippen LogP contribution in [0.4, 0.5) is 0 Å². The third-order valence-corrected chi connectivity index (χ3v) is 8.98. The summed E-state index contributed by atoms with van der Waals surface area (Å²) in [7, 11) is 0. The summed E-state index contributed by atoms with van der Waals surface area (Å²) >= 11 is 0. The molecule has 178 valence electrons. The van der Waals surface area contributed by atoms with Crippen LogP contribution in [0.3, 0.4) is 0 Å². The fraction of sp³-hybridized carbons (Fsp3) is 0.917. The van der Waals surface area contributed by atoms with Gasteiger partial charge in [0.25, 0.3) is 0 Å². The Morgan fingerprint density at radius 3 is 2.32 bits per heavy atom. The van der Waals surface area contributed by atoms with Gasteiger partial charge in [0.15, 0.2) is 0 Å². The van der Waals surface area contributed by atoms with Gasteiger partial charge in [-0.2, -0.15) is 0 Å². The van der Waals surface area contributed by atoms with Gasteiger partial charge >= 0.3 is 11.9 Å². The molecule has 2 N–H and O–H groups in total. The number of ether oxygens (including phenoxy) is 3. The van der Waals surface area contributed by atoms with Gasteiger partial charge in [0, 0.05) is 37.7 Å². The number of hydrogen-bond acceptors (Lipinski definition) is 7. The van der Waals surface area contributed by atoms with Crippen LogP contribution >= 0.6 is 0 Å². The highest BCUT2D eigenvalue weighted by molar-refractivity contribution is 5.66. The van der Waals surface area contributed by atoms with Crippen LogP contribution in [0.5, 0.6) is 0 Å². The van der Waals surface area contributed by atoms with E-state index in [0.29, 0.717) is 18.8 Å². The molecule has 2 saturated carbocycles. The minimum absolute atomic E-state index is 0.0330. The van der Waals surface area contributed by atoms with E-state index in [1.807, 2.05) is 6.92 Å². The lowest BCUT2D eigenvalue weighted by atomic mass is 9.43. The molecule has 1 spiro atoms. The maximum Gasteiger partial charge on any atom is 0.302 e. The summed E-state index contributed by atoms with van der Waals surface area (Å²) < 4.78 is 18.0. The SMILES string of the molecule is CC(=O)OCC1(CCO)CCC2(O1)C(C)CCC1C(C)(CO)C(OC(C)=O)CCC12C. The zero-order valence-electron chi connectivity index (χ0n) is 19.7. The Hall–Kier alpha value is -1.18. The van der Waals surface area contributed by atoms with Crippen LogP contribution in [0, 0.1) is 22.7 Å². The van der Waals surface area contributed by atoms with Crippen LogP contribution in [0.2, 0.25) is 0 Å². The normalized spacial score (nSPS) is 44.7. The van der Waals surface area contributed by atoms with Gasteiger partial charge in [-0.15, -0.1) is 0 Å². The topological polar surface area (TPSA) is 102 Å². The number of carbonyl (C=O) groups excluding carboxylic acids is 2. The summed E-state index contributed by atoms with van der Waals surface area (Å²) in [4.78, 5) is 23.3. The second-order valence-corrected chi connectivity index (χ2v) is 10.7. The first-order valence-corrected chi connectivity index (χ1v) is 11.7. The van der Waals surface area contributed by atoms with Crippen LogP contribution in [0.1, 0.15) is 79.6 Å². The van der Waals surface area contributed by atoms with Crippen LogP contribution in [-0.2, 0) is 23.8 Å². The minimum atomic E-state index is -0.693. The molecule has 31 heavy (non-hydrogen) atoms. The van der Waals surface area contributed by atoms with E-state index < -0.39 is 16.6 Å². The summed E-state index contributed by atoms with van der Waals surface area (Å²) in [5, 5.41) is 20.2. The quantitative estimate of drug-likeness (QED) is 0.612. The van der Waals surface area contributed by atoms with Crippen LogP contribution < -0.4 is 0 Å². The molecule has 3 aliphatic rings. The van der Waals surface area contributed by atoms with Crippen molar-refractivity contribution in [3.63, 3.8) is 0 Å². The molecule has 0 aromatic heterocycles. The zero-order chi connectivity index (χ0) is 23.1. The van der Waals surface area contributed by atoms with E-state index >= 15 is 0 Å². The number of aliphatic hydroxyl groups is 2. The zero-order valence-corrected chi connectivity index (χ0v) is 19.7. The number of carbonyl (C=O) groups is 2. The first-order chi connectivity index (χ1) is 14.5. The Bertz CT molecular complexity index is 695. The van der Waals surface area contributed by atoms with Crippen LogP contribution in [-0.4, -0.2) is 59.3 Å². The van der Waals surface area contributed by atoms with Crippen molar-refractivity contribution in [2.24, 2.45) is 22.7 Å². The molecular weight excluding hydrogens is 400 g/mol. The van der Waals surface area contributed by atoms with Crippen molar-refractivity contribution >= 4 is 11.9 Å². The highest BCUT2D eigenvalue weighted by Crippen LogP contribution is 2.68. The maximum absolute atomic E-state index is 11.7. The van der Waals surface area contributed by atoms with Crippen molar-refractivity contribution in [2.75, 3.05) is 19.8 Å². The molecule has 1 heterocycles. The Kier molecular flexibility index (Phi) is 6.82. The average Bonchev–Trinajstić information content (AvgIpc) is 3.09. The molecule has 0 bridgehead atoms. The van der Waals surface area contributed by atoms with Gasteiger partial charge in [-0.25, -0.2) is 0 Å². The molecule has 0 radical (unpaired) electrons. The van der Waals surface area contributed by atoms with Gasteiger partial charge in [-0.1, -0.05) is 20.8 Å². The standard InChI is InChI=1S/C24H40O7/c1-16-6-7-19-21(4,14-26)20(30-18(3)28)8-9-22(19,5)24(16)11-10-23(31-24,12-13-25)15-29-17(2)27/h16,19-20,25-26H,6-15H2,1-5H3. The molecule has 7 unspecified atom stereocenters. The third-order valence-electron chi connectivity index (χ3n) is 8.98. The molecule has 2 aliphatic carbocycles. The van der Waals surface area contributed by atoms with E-state index in [0.717, 1.165) is 32.1 Å². The van der Waals surface area contributed by atoms with Crippen LogP contribution in [0.15, 0.2) is 0 Å². The van der Waals surface area contributed by atoms with E-state index in [4.69, 9.17) is 14.2 Å². The number of esters is 2. The molecule has 3 fully saturated rings. The van der Waals surface area contributed by atoms with Crippen molar-refractivity contribution in [1.29, 1.82) is 0 Å². The molecule has 1 aliphatic heterocycles. The average molecular weight is 441 g/mol. The predicted octanol–water partition coefficient (Wildman–Crippen LogP) is 3.00. The van der Waals surface area contributed by atoms with Crippen LogP contribution in [0.25, 0.3) is 0 Å². The number of fused-ring (bicyclic) bond motifs is 2. The van der Waals surface area contributed by atoms with Gasteiger partial charge in [0.2, 0.25) is 0 Å². The van der Waals surface area contributed by atoms with Crippen molar-refractivity contribution < 1.29 is 34.0 Å². The Morgan fingerprint density at radius 1 is 1.03 bits per heavy atom. The number of rotatable bonds is 6. The van der Waals surface area contributed by atoms with Crippen molar-refractivity contribution in [1.82, 2.24) is 0 Å². The van der Waals surface area contributed by atoms with Gasteiger partial charge in [-0.3, -0.25) is 9.59 Å².